The summed E-state index contributed by atoms with van der Waals surface area (Å²) in [6.07, 6.45) is 7.49. The summed E-state index contributed by atoms with van der Waals surface area (Å²) in [5.74, 6) is 1.48. The molecule has 0 aromatic carbocycles. The fourth-order valence-corrected chi connectivity index (χ4v) is 2.99. The molecule has 2 heterocycles. The van der Waals surface area contributed by atoms with E-state index in [0.717, 1.165) is 43.3 Å². The van der Waals surface area contributed by atoms with Crippen molar-refractivity contribution in [1.29, 1.82) is 0 Å². The van der Waals surface area contributed by atoms with E-state index in [-0.39, 0.29) is 5.91 Å². The summed E-state index contributed by atoms with van der Waals surface area (Å²) in [4.78, 5) is 22.6. The average molecular weight is 308 g/mol. The van der Waals surface area contributed by atoms with Crippen LogP contribution in [0, 0.1) is 0 Å². The van der Waals surface area contributed by atoms with Gasteiger partial charge in [0, 0.05) is 25.7 Å². The second kappa shape index (κ2) is 8.87. The maximum atomic E-state index is 11.7. The van der Waals surface area contributed by atoms with Crippen LogP contribution in [0.25, 0.3) is 0 Å². The van der Waals surface area contributed by atoms with Gasteiger partial charge in [-0.2, -0.15) is 0 Å². The summed E-state index contributed by atoms with van der Waals surface area (Å²) >= 11 is 1.47. The normalized spacial score (nSPS) is 15.0. The van der Waals surface area contributed by atoms with E-state index in [1.54, 1.807) is 6.33 Å². The van der Waals surface area contributed by atoms with Gasteiger partial charge in [0.2, 0.25) is 5.91 Å². The number of nitrogens with zero attached hydrogens (tertiary/aromatic N) is 3. The molecule has 1 N–H and O–H groups in total. The molecule has 1 aliphatic heterocycles. The number of aromatic nitrogens is 2. The number of anilines is 1. The summed E-state index contributed by atoms with van der Waals surface area (Å²) in [6, 6.07) is 2.00. The third-order valence-corrected chi connectivity index (χ3v) is 4.44. The second-order valence-corrected chi connectivity index (χ2v) is 6.25. The van der Waals surface area contributed by atoms with Crippen molar-refractivity contribution in [3.05, 3.63) is 12.4 Å². The number of amides is 1. The Labute approximate surface area is 130 Å². The number of thioether (sulfide) groups is 1. The first kappa shape index (κ1) is 16.1. The molecule has 1 saturated heterocycles. The number of carbonyl (C=O) groups excluding carboxylic acids is 1. The lowest BCUT2D eigenvalue weighted by atomic mass is 10.1. The number of unbranched alkanes of at least 4 members (excludes halogenated alkanes) is 1. The minimum Gasteiger partial charge on any atom is -0.356 e. The SMILES string of the molecule is CCCCNC(=O)CSc1cc(N2CCCCC2)ncn1. The maximum absolute atomic E-state index is 11.7. The summed E-state index contributed by atoms with van der Waals surface area (Å²) < 4.78 is 0. The van der Waals surface area contributed by atoms with E-state index < -0.39 is 0 Å². The molecule has 0 saturated carbocycles. The lowest BCUT2D eigenvalue weighted by Gasteiger charge is -2.27. The van der Waals surface area contributed by atoms with Crippen molar-refractivity contribution in [2.75, 3.05) is 30.3 Å². The Hall–Kier alpha value is -1.30. The molecule has 2 rings (SSSR count). The largest absolute Gasteiger partial charge is 0.356 e. The molecule has 0 radical (unpaired) electrons. The zero-order valence-electron chi connectivity index (χ0n) is 12.7. The lowest BCUT2D eigenvalue weighted by molar-refractivity contribution is -0.118. The van der Waals surface area contributed by atoms with E-state index in [1.807, 2.05) is 6.07 Å². The van der Waals surface area contributed by atoms with Crippen molar-refractivity contribution in [3.63, 3.8) is 0 Å². The van der Waals surface area contributed by atoms with Gasteiger partial charge in [-0.05, 0) is 25.7 Å². The summed E-state index contributed by atoms with van der Waals surface area (Å²) in [5.41, 5.74) is 0. The molecule has 0 spiro atoms. The molecule has 0 unspecified atom stereocenters. The molecule has 5 nitrogen and oxygen atoms in total. The Morgan fingerprint density at radius 1 is 1.33 bits per heavy atom. The maximum Gasteiger partial charge on any atom is 0.230 e. The molecule has 1 fully saturated rings. The predicted octanol–water partition coefficient (Wildman–Crippen LogP) is 2.48. The number of nitrogens with one attached hydrogen (secondary N) is 1. The average Bonchev–Trinajstić information content (AvgIpc) is 2.54. The third-order valence-electron chi connectivity index (χ3n) is 3.51. The standard InChI is InChI=1S/C15H24N4OS/c1-2-3-7-16-14(20)11-21-15-10-13(17-12-18-15)19-8-5-4-6-9-19/h10,12H,2-9,11H2,1H3,(H,16,20). The van der Waals surface area contributed by atoms with Crippen molar-refractivity contribution in [3.8, 4) is 0 Å². The number of hydrogen-bond acceptors (Lipinski definition) is 5. The lowest BCUT2D eigenvalue weighted by Crippen LogP contribution is -2.30. The zero-order valence-corrected chi connectivity index (χ0v) is 13.5. The van der Waals surface area contributed by atoms with Crippen molar-refractivity contribution in [2.45, 2.75) is 44.1 Å². The van der Waals surface area contributed by atoms with Crippen LogP contribution in [-0.2, 0) is 4.79 Å². The van der Waals surface area contributed by atoms with E-state index in [2.05, 4.69) is 27.1 Å². The van der Waals surface area contributed by atoms with E-state index >= 15 is 0 Å². The molecular weight excluding hydrogens is 284 g/mol. The van der Waals surface area contributed by atoms with Crippen molar-refractivity contribution >= 4 is 23.5 Å². The smallest absolute Gasteiger partial charge is 0.230 e. The van der Waals surface area contributed by atoms with Crippen LogP contribution in [-0.4, -0.2) is 41.3 Å². The minimum absolute atomic E-state index is 0.0755. The molecule has 1 aromatic heterocycles. The van der Waals surface area contributed by atoms with E-state index in [1.165, 1.54) is 31.0 Å². The van der Waals surface area contributed by atoms with Gasteiger partial charge in [-0.25, -0.2) is 9.97 Å². The first-order valence-corrected chi connectivity index (χ1v) is 8.74. The molecule has 1 aliphatic rings. The van der Waals surface area contributed by atoms with Crippen LogP contribution in [0.15, 0.2) is 17.4 Å². The number of hydrogen-bond donors (Lipinski definition) is 1. The molecule has 0 atom stereocenters. The summed E-state index contributed by atoms with van der Waals surface area (Å²) in [6.45, 7) is 5.01. The highest BCUT2D eigenvalue weighted by molar-refractivity contribution is 7.99. The Bertz CT molecular complexity index is 449. The Morgan fingerprint density at radius 3 is 2.90 bits per heavy atom. The van der Waals surface area contributed by atoms with Crippen LogP contribution in [0.1, 0.15) is 39.0 Å². The predicted molar refractivity (Wildman–Crippen MR) is 86.7 cm³/mol. The molecule has 0 aliphatic carbocycles. The zero-order chi connectivity index (χ0) is 14.9. The number of piperidine rings is 1. The van der Waals surface area contributed by atoms with Crippen LogP contribution in [0.4, 0.5) is 5.82 Å². The van der Waals surface area contributed by atoms with Crippen LogP contribution < -0.4 is 10.2 Å². The molecular formula is C15H24N4OS. The molecule has 1 aromatic rings. The number of carbonyl (C=O) groups is 1. The molecule has 21 heavy (non-hydrogen) atoms. The third kappa shape index (κ3) is 5.53. The van der Waals surface area contributed by atoms with Crippen LogP contribution in [0.5, 0.6) is 0 Å². The van der Waals surface area contributed by atoms with Gasteiger partial charge in [-0.15, -0.1) is 0 Å². The number of rotatable bonds is 7. The molecule has 1 amide bonds. The van der Waals surface area contributed by atoms with E-state index in [9.17, 15) is 4.79 Å². The monoisotopic (exact) mass is 308 g/mol. The van der Waals surface area contributed by atoms with Crippen LogP contribution >= 0.6 is 11.8 Å². The van der Waals surface area contributed by atoms with E-state index in [4.69, 9.17) is 0 Å². The van der Waals surface area contributed by atoms with Gasteiger partial charge < -0.3 is 10.2 Å². The molecule has 116 valence electrons. The first-order chi connectivity index (χ1) is 10.3. The minimum atomic E-state index is 0.0755. The Morgan fingerprint density at radius 2 is 2.14 bits per heavy atom. The molecule has 0 bridgehead atoms. The van der Waals surface area contributed by atoms with Gasteiger partial charge in [0.05, 0.1) is 5.75 Å². The highest BCUT2D eigenvalue weighted by Crippen LogP contribution is 2.22. The van der Waals surface area contributed by atoms with Gasteiger partial charge in [0.15, 0.2) is 0 Å². The quantitative estimate of drug-likeness (QED) is 0.476. The summed E-state index contributed by atoms with van der Waals surface area (Å²) in [7, 11) is 0. The van der Waals surface area contributed by atoms with Crippen LogP contribution in [0.2, 0.25) is 0 Å². The van der Waals surface area contributed by atoms with Gasteiger partial charge in [-0.1, -0.05) is 25.1 Å². The van der Waals surface area contributed by atoms with Crippen LogP contribution in [0.3, 0.4) is 0 Å². The van der Waals surface area contributed by atoms with Crippen molar-refractivity contribution in [1.82, 2.24) is 15.3 Å². The highest BCUT2D eigenvalue weighted by Gasteiger charge is 2.13. The van der Waals surface area contributed by atoms with E-state index in [0.29, 0.717) is 5.75 Å². The van der Waals surface area contributed by atoms with Crippen molar-refractivity contribution in [2.24, 2.45) is 0 Å². The first-order valence-electron chi connectivity index (χ1n) is 7.76. The molecule has 6 heteroatoms. The fourth-order valence-electron chi connectivity index (χ4n) is 2.30. The second-order valence-electron chi connectivity index (χ2n) is 5.25. The highest BCUT2D eigenvalue weighted by atomic mass is 32.2. The van der Waals surface area contributed by atoms with Gasteiger partial charge >= 0.3 is 0 Å². The Balaban J connectivity index is 1.81. The summed E-state index contributed by atoms with van der Waals surface area (Å²) in [5, 5.41) is 3.79. The fraction of sp³-hybridized carbons (Fsp3) is 0.667. The van der Waals surface area contributed by atoms with Gasteiger partial charge in [-0.3, -0.25) is 4.79 Å². The van der Waals surface area contributed by atoms with Gasteiger partial charge in [0.1, 0.15) is 17.2 Å². The topological polar surface area (TPSA) is 58.1 Å². The van der Waals surface area contributed by atoms with Crippen molar-refractivity contribution < 1.29 is 4.79 Å². The van der Waals surface area contributed by atoms with Gasteiger partial charge in [0.25, 0.3) is 0 Å². The Kier molecular flexibility index (Phi) is 6.79.